The summed E-state index contributed by atoms with van der Waals surface area (Å²) in [5.74, 6) is -1.40. The van der Waals surface area contributed by atoms with Crippen molar-refractivity contribution in [1.29, 1.82) is 0 Å². The molecule has 0 aromatic heterocycles. The minimum absolute atomic E-state index is 0.157. The molecule has 2 heterocycles. The third-order valence-electron chi connectivity index (χ3n) is 7.12. The van der Waals surface area contributed by atoms with Crippen LogP contribution in [0.3, 0.4) is 0 Å². The molecule has 37 heavy (non-hydrogen) atoms. The lowest BCUT2D eigenvalue weighted by Crippen LogP contribution is -2.56. The van der Waals surface area contributed by atoms with Crippen LogP contribution in [0.1, 0.15) is 45.2 Å². The van der Waals surface area contributed by atoms with Gasteiger partial charge < -0.3 is 18.9 Å². The Labute approximate surface area is 217 Å². The number of imide groups is 1. The van der Waals surface area contributed by atoms with E-state index in [1.807, 2.05) is 13.8 Å². The average Bonchev–Trinajstić information content (AvgIpc) is 3.38. The first-order valence-electron chi connectivity index (χ1n) is 12.6. The zero-order chi connectivity index (χ0) is 26.7. The Balaban J connectivity index is 1.85. The molecular formula is C28H34N2O7. The molecule has 9 heteroatoms. The van der Waals surface area contributed by atoms with Crippen LogP contribution in [0.5, 0.6) is 17.2 Å². The highest BCUT2D eigenvalue weighted by atomic mass is 16.5. The largest absolute Gasteiger partial charge is 0.497 e. The summed E-state index contributed by atoms with van der Waals surface area (Å²) in [6, 6.07) is 11.4. The number of carbonyl (C=O) groups excluding carboxylic acids is 3. The first kappa shape index (κ1) is 26.5. The molecule has 2 aliphatic heterocycles. The van der Waals surface area contributed by atoms with Gasteiger partial charge in [0.05, 0.1) is 45.0 Å². The Hall–Kier alpha value is -3.59. The quantitative estimate of drug-likeness (QED) is 0.382. The molecule has 0 spiro atoms. The molecule has 0 radical (unpaired) electrons. The molecular weight excluding hydrogens is 476 g/mol. The van der Waals surface area contributed by atoms with E-state index < -0.39 is 35.3 Å². The van der Waals surface area contributed by atoms with Crippen LogP contribution in [0.15, 0.2) is 42.5 Å². The van der Waals surface area contributed by atoms with E-state index in [2.05, 4.69) is 5.32 Å². The summed E-state index contributed by atoms with van der Waals surface area (Å²) in [4.78, 5) is 42.7. The van der Waals surface area contributed by atoms with E-state index in [1.165, 1.54) is 12.0 Å². The van der Waals surface area contributed by atoms with Crippen molar-refractivity contribution >= 4 is 23.5 Å². The number of rotatable bonds is 10. The van der Waals surface area contributed by atoms with Gasteiger partial charge in [-0.1, -0.05) is 19.4 Å². The van der Waals surface area contributed by atoms with Gasteiger partial charge in [-0.2, -0.15) is 0 Å². The fourth-order valence-electron chi connectivity index (χ4n) is 5.63. The van der Waals surface area contributed by atoms with Gasteiger partial charge in [0.15, 0.2) is 0 Å². The third-order valence-corrected chi connectivity index (χ3v) is 7.12. The molecule has 2 amide bonds. The summed E-state index contributed by atoms with van der Waals surface area (Å²) in [5.41, 5.74) is -0.268. The van der Waals surface area contributed by atoms with Gasteiger partial charge in [0.1, 0.15) is 22.8 Å². The average molecular weight is 511 g/mol. The lowest BCUT2D eigenvalue weighted by Gasteiger charge is -2.32. The van der Waals surface area contributed by atoms with Gasteiger partial charge in [-0.3, -0.25) is 19.7 Å². The number of anilines is 1. The highest BCUT2D eigenvalue weighted by Crippen LogP contribution is 2.53. The van der Waals surface area contributed by atoms with Crippen LogP contribution in [0, 0.1) is 11.8 Å². The van der Waals surface area contributed by atoms with E-state index >= 15 is 0 Å². The predicted molar refractivity (Wildman–Crippen MR) is 137 cm³/mol. The van der Waals surface area contributed by atoms with E-state index in [9.17, 15) is 14.4 Å². The molecule has 4 rings (SSSR count). The van der Waals surface area contributed by atoms with E-state index in [0.29, 0.717) is 47.9 Å². The van der Waals surface area contributed by atoms with E-state index in [0.717, 1.165) is 0 Å². The SMILES string of the molecule is CCC[C@@]1(C(=O)OCC)N[C@@H](c2ccc(OC)cc2OC)[C@H]2C(=O)N(c3ccc(OCC)cc3)C(=O)[C@H]21. The summed E-state index contributed by atoms with van der Waals surface area (Å²) in [6.45, 7) is 6.20. The van der Waals surface area contributed by atoms with Crippen LogP contribution in [-0.2, 0) is 19.1 Å². The van der Waals surface area contributed by atoms with Gasteiger partial charge in [0.25, 0.3) is 0 Å². The molecule has 4 atom stereocenters. The number of hydrogen-bond donors (Lipinski definition) is 1. The molecule has 2 aromatic rings. The Kier molecular flexibility index (Phi) is 7.73. The van der Waals surface area contributed by atoms with E-state index in [4.69, 9.17) is 18.9 Å². The van der Waals surface area contributed by atoms with Crippen molar-refractivity contribution in [2.45, 2.75) is 45.2 Å². The number of hydrogen-bond acceptors (Lipinski definition) is 8. The lowest BCUT2D eigenvalue weighted by atomic mass is 9.77. The number of fused-ring (bicyclic) bond motifs is 1. The van der Waals surface area contributed by atoms with Crippen LogP contribution < -0.4 is 24.4 Å². The van der Waals surface area contributed by atoms with Gasteiger partial charge in [0.2, 0.25) is 11.8 Å². The second-order valence-electron chi connectivity index (χ2n) is 9.11. The summed E-state index contributed by atoms with van der Waals surface area (Å²) in [5, 5.41) is 3.40. The second-order valence-corrected chi connectivity index (χ2v) is 9.11. The zero-order valence-corrected chi connectivity index (χ0v) is 21.9. The monoisotopic (exact) mass is 510 g/mol. The molecule has 198 valence electrons. The van der Waals surface area contributed by atoms with Crippen molar-refractivity contribution in [3.8, 4) is 17.2 Å². The van der Waals surface area contributed by atoms with Crippen molar-refractivity contribution < 1.29 is 33.3 Å². The zero-order valence-electron chi connectivity index (χ0n) is 21.9. The molecule has 1 N–H and O–H groups in total. The Morgan fingerprint density at radius 2 is 1.65 bits per heavy atom. The number of ether oxygens (including phenoxy) is 4. The normalized spacial score (nSPS) is 24.7. The van der Waals surface area contributed by atoms with Crippen LogP contribution in [0.25, 0.3) is 0 Å². The van der Waals surface area contributed by atoms with Crippen molar-refractivity contribution in [3.05, 3.63) is 48.0 Å². The molecule has 0 unspecified atom stereocenters. The minimum Gasteiger partial charge on any atom is -0.497 e. The molecule has 9 nitrogen and oxygen atoms in total. The van der Waals surface area contributed by atoms with Crippen molar-refractivity contribution in [2.24, 2.45) is 11.8 Å². The Morgan fingerprint density at radius 3 is 2.24 bits per heavy atom. The summed E-state index contributed by atoms with van der Waals surface area (Å²) < 4.78 is 22.0. The number of carbonyl (C=O) groups is 3. The number of amides is 2. The standard InChI is InChI=1S/C28H34N2O7/c1-6-15-28(27(33)37-8-3)23-22(24(29-28)20-14-13-19(34-4)16-21(20)35-5)25(31)30(26(23)32)17-9-11-18(12-10-17)36-7-2/h9-14,16,22-24,29H,6-8,15H2,1-5H3/t22-,23-,24-,28+/m0/s1. The van der Waals surface area contributed by atoms with Crippen molar-refractivity contribution in [3.63, 3.8) is 0 Å². The fourth-order valence-corrected chi connectivity index (χ4v) is 5.63. The van der Waals surface area contributed by atoms with Crippen molar-refractivity contribution in [1.82, 2.24) is 5.32 Å². The predicted octanol–water partition coefficient (Wildman–Crippen LogP) is 3.65. The third kappa shape index (κ3) is 4.41. The maximum absolute atomic E-state index is 14.0. The number of benzene rings is 2. The summed E-state index contributed by atoms with van der Waals surface area (Å²) in [6.07, 6.45) is 0.935. The first-order valence-corrected chi connectivity index (χ1v) is 12.6. The summed E-state index contributed by atoms with van der Waals surface area (Å²) >= 11 is 0. The number of nitrogens with zero attached hydrogens (tertiary/aromatic N) is 1. The highest BCUT2D eigenvalue weighted by Gasteiger charge is 2.68. The van der Waals surface area contributed by atoms with Crippen LogP contribution >= 0.6 is 0 Å². The molecule has 2 saturated heterocycles. The van der Waals surface area contributed by atoms with Gasteiger partial charge >= 0.3 is 5.97 Å². The van der Waals surface area contributed by atoms with Gasteiger partial charge in [-0.25, -0.2) is 4.90 Å². The maximum atomic E-state index is 14.0. The van der Waals surface area contributed by atoms with Crippen molar-refractivity contribution in [2.75, 3.05) is 32.3 Å². The molecule has 0 bridgehead atoms. The van der Waals surface area contributed by atoms with Crippen LogP contribution in [0.2, 0.25) is 0 Å². The van der Waals surface area contributed by atoms with Gasteiger partial charge in [-0.05, 0) is 50.6 Å². The molecule has 2 aromatic carbocycles. The highest BCUT2D eigenvalue weighted by molar-refractivity contribution is 6.24. The number of esters is 1. The first-order chi connectivity index (χ1) is 17.9. The molecule has 0 saturated carbocycles. The van der Waals surface area contributed by atoms with E-state index in [-0.39, 0.29) is 12.5 Å². The Bertz CT molecular complexity index is 1170. The minimum atomic E-state index is -1.36. The topological polar surface area (TPSA) is 103 Å². The smallest absolute Gasteiger partial charge is 0.327 e. The number of nitrogens with one attached hydrogen (secondary N) is 1. The number of methoxy groups -OCH3 is 2. The van der Waals surface area contributed by atoms with Gasteiger partial charge in [-0.15, -0.1) is 0 Å². The van der Waals surface area contributed by atoms with E-state index in [1.54, 1.807) is 56.5 Å². The van der Waals surface area contributed by atoms with Crippen LogP contribution in [0.4, 0.5) is 5.69 Å². The molecule has 0 aliphatic carbocycles. The summed E-state index contributed by atoms with van der Waals surface area (Å²) in [7, 11) is 3.09. The Morgan fingerprint density at radius 1 is 0.946 bits per heavy atom. The molecule has 2 fully saturated rings. The molecule has 2 aliphatic rings. The van der Waals surface area contributed by atoms with Gasteiger partial charge in [0, 0.05) is 17.7 Å². The lowest BCUT2D eigenvalue weighted by molar-refractivity contribution is -0.155. The van der Waals surface area contributed by atoms with Crippen LogP contribution in [-0.4, -0.2) is 50.8 Å². The maximum Gasteiger partial charge on any atom is 0.327 e. The fraction of sp³-hybridized carbons (Fsp3) is 0.464. The second kappa shape index (κ2) is 10.8.